The fourth-order valence-corrected chi connectivity index (χ4v) is 2.89. The third-order valence-electron chi connectivity index (χ3n) is 3.98. The first kappa shape index (κ1) is 14.1. The van der Waals surface area contributed by atoms with Crippen molar-refractivity contribution in [1.82, 2.24) is 0 Å². The van der Waals surface area contributed by atoms with Gasteiger partial charge in [-0.1, -0.05) is 38.0 Å². The highest BCUT2D eigenvalue weighted by molar-refractivity contribution is 5.91. The van der Waals surface area contributed by atoms with E-state index in [2.05, 4.69) is 13.0 Å². The van der Waals surface area contributed by atoms with E-state index < -0.39 is 0 Å². The minimum atomic E-state index is -0.177. The maximum absolute atomic E-state index is 12.2. The Bertz CT molecular complexity index is 429. The predicted molar refractivity (Wildman–Crippen MR) is 77.4 cm³/mol. The van der Waals surface area contributed by atoms with Gasteiger partial charge in [0, 0.05) is 0 Å². The number of carbonyl (C=O) groups is 1. The number of hydrogen-bond donors (Lipinski definition) is 0. The Balaban J connectivity index is 2.18. The van der Waals surface area contributed by atoms with Gasteiger partial charge < -0.3 is 4.74 Å². The van der Waals surface area contributed by atoms with Gasteiger partial charge in [0.1, 0.15) is 0 Å². The Morgan fingerprint density at radius 2 is 1.79 bits per heavy atom. The maximum Gasteiger partial charge on any atom is 0.338 e. The van der Waals surface area contributed by atoms with Crippen molar-refractivity contribution in [2.75, 3.05) is 0 Å². The van der Waals surface area contributed by atoms with E-state index in [-0.39, 0.29) is 12.1 Å². The monoisotopic (exact) mass is 260 g/mol. The summed E-state index contributed by atoms with van der Waals surface area (Å²) in [7, 11) is 0. The molecular weight excluding hydrogens is 236 g/mol. The Kier molecular flexibility index (Phi) is 4.62. The molecule has 0 saturated heterocycles. The SMILES string of the molecule is CC1CCC(c2ccccc2C(=O)OC(C)C)CC1. The minimum Gasteiger partial charge on any atom is -0.459 e. The first-order chi connectivity index (χ1) is 9.08. The third kappa shape index (κ3) is 3.59. The van der Waals surface area contributed by atoms with Crippen molar-refractivity contribution in [3.05, 3.63) is 35.4 Å². The summed E-state index contributed by atoms with van der Waals surface area (Å²) in [4.78, 5) is 12.2. The third-order valence-corrected chi connectivity index (χ3v) is 3.98. The summed E-state index contributed by atoms with van der Waals surface area (Å²) in [6.07, 6.45) is 4.84. The molecule has 1 aliphatic carbocycles. The lowest BCUT2D eigenvalue weighted by molar-refractivity contribution is 0.0375. The van der Waals surface area contributed by atoms with Crippen LogP contribution in [0.2, 0.25) is 0 Å². The normalized spacial score (nSPS) is 23.4. The number of hydrogen-bond acceptors (Lipinski definition) is 2. The molecule has 104 valence electrons. The zero-order chi connectivity index (χ0) is 13.8. The van der Waals surface area contributed by atoms with Crippen molar-refractivity contribution < 1.29 is 9.53 Å². The van der Waals surface area contributed by atoms with Gasteiger partial charge in [-0.25, -0.2) is 4.79 Å². The van der Waals surface area contributed by atoms with Gasteiger partial charge in [-0.15, -0.1) is 0 Å². The number of rotatable bonds is 3. The highest BCUT2D eigenvalue weighted by Gasteiger charge is 2.24. The number of benzene rings is 1. The van der Waals surface area contributed by atoms with Gasteiger partial charge in [-0.2, -0.15) is 0 Å². The Labute approximate surface area is 116 Å². The molecule has 19 heavy (non-hydrogen) atoms. The molecule has 0 radical (unpaired) electrons. The van der Waals surface area contributed by atoms with Crippen LogP contribution in [-0.4, -0.2) is 12.1 Å². The molecule has 0 spiro atoms. The maximum atomic E-state index is 12.2. The van der Waals surface area contributed by atoms with Gasteiger partial charge in [0.2, 0.25) is 0 Å². The second-order valence-electron chi connectivity index (χ2n) is 6.00. The van der Waals surface area contributed by atoms with Crippen LogP contribution < -0.4 is 0 Å². The van der Waals surface area contributed by atoms with Crippen molar-refractivity contribution >= 4 is 5.97 Å². The van der Waals surface area contributed by atoms with E-state index in [4.69, 9.17) is 4.74 Å². The summed E-state index contributed by atoms with van der Waals surface area (Å²) >= 11 is 0. The van der Waals surface area contributed by atoms with Gasteiger partial charge >= 0.3 is 5.97 Å². The smallest absolute Gasteiger partial charge is 0.338 e. The lowest BCUT2D eigenvalue weighted by atomic mass is 9.78. The Morgan fingerprint density at radius 1 is 1.16 bits per heavy atom. The Hall–Kier alpha value is -1.31. The number of ether oxygens (including phenoxy) is 1. The van der Waals surface area contributed by atoms with E-state index in [1.807, 2.05) is 32.0 Å². The van der Waals surface area contributed by atoms with E-state index in [1.54, 1.807) is 0 Å². The molecule has 0 heterocycles. The van der Waals surface area contributed by atoms with Gasteiger partial charge in [0.05, 0.1) is 11.7 Å². The van der Waals surface area contributed by atoms with Crippen molar-refractivity contribution in [1.29, 1.82) is 0 Å². The zero-order valence-corrected chi connectivity index (χ0v) is 12.2. The van der Waals surface area contributed by atoms with Crippen molar-refractivity contribution in [2.45, 2.75) is 58.5 Å². The van der Waals surface area contributed by atoms with Crippen LogP contribution in [-0.2, 0) is 4.74 Å². The lowest BCUT2D eigenvalue weighted by Crippen LogP contribution is -2.17. The van der Waals surface area contributed by atoms with Gasteiger partial charge in [0.15, 0.2) is 0 Å². The van der Waals surface area contributed by atoms with E-state index >= 15 is 0 Å². The highest BCUT2D eigenvalue weighted by Crippen LogP contribution is 2.37. The first-order valence-electron chi connectivity index (χ1n) is 7.38. The molecular formula is C17H24O2. The van der Waals surface area contributed by atoms with E-state index in [0.29, 0.717) is 5.92 Å². The largest absolute Gasteiger partial charge is 0.459 e. The topological polar surface area (TPSA) is 26.3 Å². The molecule has 0 bridgehead atoms. The molecule has 1 aromatic carbocycles. The molecule has 2 rings (SSSR count). The molecule has 1 saturated carbocycles. The van der Waals surface area contributed by atoms with E-state index in [0.717, 1.165) is 11.5 Å². The van der Waals surface area contributed by atoms with Crippen LogP contribution in [0.25, 0.3) is 0 Å². The molecule has 1 aromatic rings. The van der Waals surface area contributed by atoms with Crippen LogP contribution in [0, 0.1) is 5.92 Å². The van der Waals surface area contributed by atoms with Crippen LogP contribution in [0.1, 0.15) is 68.3 Å². The average molecular weight is 260 g/mol. The summed E-state index contributed by atoms with van der Waals surface area (Å²) in [6.45, 7) is 6.10. The molecule has 0 amide bonds. The summed E-state index contributed by atoms with van der Waals surface area (Å²) in [5.41, 5.74) is 1.94. The molecule has 0 N–H and O–H groups in total. The van der Waals surface area contributed by atoms with Crippen molar-refractivity contribution in [3.63, 3.8) is 0 Å². The quantitative estimate of drug-likeness (QED) is 0.745. The first-order valence-corrected chi connectivity index (χ1v) is 7.38. The summed E-state index contributed by atoms with van der Waals surface area (Å²) in [5.74, 6) is 1.17. The van der Waals surface area contributed by atoms with Crippen LogP contribution >= 0.6 is 0 Å². The van der Waals surface area contributed by atoms with E-state index in [1.165, 1.54) is 31.2 Å². The second kappa shape index (κ2) is 6.23. The zero-order valence-electron chi connectivity index (χ0n) is 12.2. The number of carbonyl (C=O) groups excluding carboxylic acids is 1. The standard InChI is InChI=1S/C17H24O2/c1-12(2)19-17(18)16-7-5-4-6-15(16)14-10-8-13(3)9-11-14/h4-7,12-14H,8-11H2,1-3H3. The van der Waals surface area contributed by atoms with Crippen LogP contribution in [0.3, 0.4) is 0 Å². The number of esters is 1. The van der Waals surface area contributed by atoms with Gasteiger partial charge in [-0.3, -0.25) is 0 Å². The van der Waals surface area contributed by atoms with Crippen LogP contribution in [0.5, 0.6) is 0 Å². The molecule has 0 aliphatic heterocycles. The minimum absolute atomic E-state index is 0.0630. The Morgan fingerprint density at radius 3 is 2.42 bits per heavy atom. The molecule has 1 aliphatic rings. The summed E-state index contributed by atoms with van der Waals surface area (Å²) in [5, 5.41) is 0. The molecule has 0 aromatic heterocycles. The predicted octanol–water partition coefficient (Wildman–Crippen LogP) is 4.55. The van der Waals surface area contributed by atoms with Crippen LogP contribution in [0.15, 0.2) is 24.3 Å². The van der Waals surface area contributed by atoms with Crippen molar-refractivity contribution in [2.24, 2.45) is 5.92 Å². The summed E-state index contributed by atoms with van der Waals surface area (Å²) in [6, 6.07) is 7.95. The molecule has 1 fully saturated rings. The van der Waals surface area contributed by atoms with Crippen molar-refractivity contribution in [3.8, 4) is 0 Å². The average Bonchev–Trinajstić information content (AvgIpc) is 2.39. The fourth-order valence-electron chi connectivity index (χ4n) is 2.89. The second-order valence-corrected chi connectivity index (χ2v) is 6.00. The molecule has 2 nitrogen and oxygen atoms in total. The fraction of sp³-hybridized carbons (Fsp3) is 0.588. The van der Waals surface area contributed by atoms with Crippen LogP contribution in [0.4, 0.5) is 0 Å². The molecule has 2 heteroatoms. The lowest BCUT2D eigenvalue weighted by Gasteiger charge is -2.27. The van der Waals surface area contributed by atoms with E-state index in [9.17, 15) is 4.79 Å². The molecule has 0 unspecified atom stereocenters. The highest BCUT2D eigenvalue weighted by atomic mass is 16.5. The molecule has 0 atom stereocenters. The summed E-state index contributed by atoms with van der Waals surface area (Å²) < 4.78 is 5.35. The van der Waals surface area contributed by atoms with Gasteiger partial charge in [0.25, 0.3) is 0 Å². The van der Waals surface area contributed by atoms with Gasteiger partial charge in [-0.05, 0) is 50.2 Å².